The summed E-state index contributed by atoms with van der Waals surface area (Å²) in [5, 5.41) is 5.29. The van der Waals surface area contributed by atoms with E-state index in [4.69, 9.17) is 11.6 Å². The summed E-state index contributed by atoms with van der Waals surface area (Å²) >= 11 is 5.69. The Morgan fingerprint density at radius 1 is 1.43 bits per heavy atom. The van der Waals surface area contributed by atoms with Crippen molar-refractivity contribution in [2.75, 3.05) is 11.5 Å². The van der Waals surface area contributed by atoms with Gasteiger partial charge in [-0.25, -0.2) is 17.6 Å². The van der Waals surface area contributed by atoms with Crippen LogP contribution in [0.2, 0.25) is 5.02 Å². The van der Waals surface area contributed by atoms with Crippen LogP contribution in [0.4, 0.5) is 9.18 Å². The third kappa shape index (κ3) is 3.85. The highest BCUT2D eigenvalue weighted by molar-refractivity contribution is 7.93. The summed E-state index contributed by atoms with van der Waals surface area (Å²) < 4.78 is 35.4. The number of hydrogen-bond donors (Lipinski definition) is 2. The molecule has 1 heterocycles. The molecule has 1 aromatic rings. The Kier molecular flexibility index (Phi) is 4.17. The number of carbonyl (C=O) groups is 1. The molecule has 0 aromatic heterocycles. The molecule has 2 rings (SSSR count). The number of amides is 2. The normalized spacial score (nSPS) is 20.2. The van der Waals surface area contributed by atoms with Crippen LogP contribution in [0.1, 0.15) is 25.5 Å². The average molecular weight is 335 g/mol. The van der Waals surface area contributed by atoms with Crippen LogP contribution >= 0.6 is 11.6 Å². The van der Waals surface area contributed by atoms with Crippen LogP contribution in [-0.4, -0.2) is 31.5 Å². The van der Waals surface area contributed by atoms with Crippen LogP contribution in [0.5, 0.6) is 0 Å². The number of benzene rings is 1. The maximum absolute atomic E-state index is 13.1. The summed E-state index contributed by atoms with van der Waals surface area (Å²) in [4.78, 5) is 11.9. The molecule has 0 spiro atoms. The van der Waals surface area contributed by atoms with Gasteiger partial charge in [-0.3, -0.25) is 0 Å². The fourth-order valence-corrected chi connectivity index (χ4v) is 4.56. The van der Waals surface area contributed by atoms with Crippen molar-refractivity contribution in [3.8, 4) is 0 Å². The van der Waals surface area contributed by atoms with Gasteiger partial charge in [0.15, 0.2) is 9.84 Å². The first-order valence-electron chi connectivity index (χ1n) is 6.34. The monoisotopic (exact) mass is 334 g/mol. The lowest BCUT2D eigenvalue weighted by Crippen LogP contribution is -2.65. The smallest absolute Gasteiger partial charge is 0.315 e. The molecule has 1 atom stereocenters. The van der Waals surface area contributed by atoms with Gasteiger partial charge >= 0.3 is 6.03 Å². The fraction of sp³-hybridized carbons (Fsp3) is 0.462. The van der Waals surface area contributed by atoms with Gasteiger partial charge in [0.25, 0.3) is 0 Å². The molecule has 8 heteroatoms. The summed E-state index contributed by atoms with van der Waals surface area (Å²) in [5.74, 6) is -0.654. The lowest BCUT2D eigenvalue weighted by molar-refractivity contribution is 0.227. The minimum absolute atomic E-state index is 0.0152. The van der Waals surface area contributed by atoms with Crippen LogP contribution in [0, 0.1) is 5.82 Å². The lowest BCUT2D eigenvalue weighted by Gasteiger charge is -2.38. The molecule has 2 amide bonds. The zero-order chi connectivity index (χ0) is 15.8. The first-order chi connectivity index (χ1) is 9.60. The number of nitrogens with one attached hydrogen (secondary N) is 2. The number of halogens is 2. The molecule has 0 bridgehead atoms. The van der Waals surface area contributed by atoms with Crippen LogP contribution in [0.25, 0.3) is 0 Å². The second-order valence-electron chi connectivity index (χ2n) is 5.59. The van der Waals surface area contributed by atoms with E-state index in [1.54, 1.807) is 13.8 Å². The fourth-order valence-electron chi connectivity index (χ4n) is 2.37. The van der Waals surface area contributed by atoms with Crippen molar-refractivity contribution in [2.24, 2.45) is 0 Å². The minimum Gasteiger partial charge on any atom is -0.332 e. The Bertz CT molecular complexity index is 666. The standard InChI is InChI=1S/C13H16ClFN2O3S/c1-8(9-3-4-11(15)10(14)5-9)16-12(18)17-13(2)6-21(19,20)7-13/h3-5,8H,6-7H2,1-2H3,(H2,16,17,18). The molecule has 1 aliphatic rings. The summed E-state index contributed by atoms with van der Waals surface area (Å²) in [6.45, 7) is 3.40. The Morgan fingerprint density at radius 3 is 2.57 bits per heavy atom. The summed E-state index contributed by atoms with van der Waals surface area (Å²) in [7, 11) is -3.03. The molecule has 0 saturated carbocycles. The SMILES string of the molecule is CC(NC(=O)NC1(C)CS(=O)(=O)C1)c1ccc(F)c(Cl)c1. The molecule has 1 aliphatic heterocycles. The highest BCUT2D eigenvalue weighted by Gasteiger charge is 2.45. The van der Waals surface area contributed by atoms with Crippen LogP contribution in [-0.2, 0) is 9.84 Å². The number of hydrogen-bond acceptors (Lipinski definition) is 3. The summed E-state index contributed by atoms with van der Waals surface area (Å²) in [6, 6.07) is 3.34. The van der Waals surface area contributed by atoms with E-state index in [1.807, 2.05) is 0 Å². The predicted octanol–water partition coefficient (Wildman–Crippen LogP) is 2.03. The van der Waals surface area contributed by atoms with E-state index in [2.05, 4.69) is 10.6 Å². The van der Waals surface area contributed by atoms with Gasteiger partial charge in [0.05, 0.1) is 28.1 Å². The minimum atomic E-state index is -3.03. The molecule has 0 aliphatic carbocycles. The van der Waals surface area contributed by atoms with Gasteiger partial charge in [-0.15, -0.1) is 0 Å². The number of sulfone groups is 1. The summed E-state index contributed by atoms with van der Waals surface area (Å²) in [5.41, 5.74) is -0.0776. The molecule has 1 unspecified atom stereocenters. The first-order valence-corrected chi connectivity index (χ1v) is 8.54. The second kappa shape index (κ2) is 5.46. The lowest BCUT2D eigenvalue weighted by atomic mass is 10.1. The zero-order valence-corrected chi connectivity index (χ0v) is 13.2. The maximum atomic E-state index is 13.1. The van der Waals surface area contributed by atoms with E-state index in [-0.39, 0.29) is 22.6 Å². The van der Waals surface area contributed by atoms with E-state index >= 15 is 0 Å². The number of urea groups is 1. The molecule has 116 valence electrons. The van der Waals surface area contributed by atoms with Crippen LogP contribution in [0.15, 0.2) is 18.2 Å². The predicted molar refractivity (Wildman–Crippen MR) is 78.6 cm³/mol. The molecular formula is C13H16ClFN2O3S. The molecule has 21 heavy (non-hydrogen) atoms. The van der Waals surface area contributed by atoms with Gasteiger partial charge in [-0.1, -0.05) is 17.7 Å². The van der Waals surface area contributed by atoms with Gasteiger partial charge in [0.2, 0.25) is 0 Å². The van der Waals surface area contributed by atoms with Crippen molar-refractivity contribution >= 4 is 27.5 Å². The van der Waals surface area contributed by atoms with Crippen molar-refractivity contribution in [1.29, 1.82) is 0 Å². The Labute approximate surface area is 127 Å². The molecule has 5 nitrogen and oxygen atoms in total. The van der Waals surface area contributed by atoms with E-state index in [0.717, 1.165) is 0 Å². The van der Waals surface area contributed by atoms with E-state index < -0.39 is 27.2 Å². The number of carbonyl (C=O) groups excluding carboxylic acids is 1. The van der Waals surface area contributed by atoms with Gasteiger partial charge in [0, 0.05) is 0 Å². The topological polar surface area (TPSA) is 75.3 Å². The largest absolute Gasteiger partial charge is 0.332 e. The third-order valence-corrected chi connectivity index (χ3v) is 5.73. The molecular weight excluding hydrogens is 319 g/mol. The maximum Gasteiger partial charge on any atom is 0.315 e. The molecule has 1 saturated heterocycles. The van der Waals surface area contributed by atoms with Crippen LogP contribution < -0.4 is 10.6 Å². The van der Waals surface area contributed by atoms with Crippen molar-refractivity contribution in [1.82, 2.24) is 10.6 Å². The first kappa shape index (κ1) is 16.0. The molecule has 2 N–H and O–H groups in total. The molecule has 1 aromatic carbocycles. The van der Waals surface area contributed by atoms with Gasteiger partial charge < -0.3 is 10.6 Å². The van der Waals surface area contributed by atoms with Gasteiger partial charge in [-0.2, -0.15) is 0 Å². The molecule has 1 fully saturated rings. The Morgan fingerprint density at radius 2 is 2.05 bits per heavy atom. The molecule has 0 radical (unpaired) electrons. The third-order valence-electron chi connectivity index (χ3n) is 3.28. The highest BCUT2D eigenvalue weighted by atomic mass is 35.5. The zero-order valence-electron chi connectivity index (χ0n) is 11.6. The van der Waals surface area contributed by atoms with Crippen molar-refractivity contribution in [2.45, 2.75) is 25.4 Å². The van der Waals surface area contributed by atoms with E-state index in [9.17, 15) is 17.6 Å². The number of rotatable bonds is 3. The van der Waals surface area contributed by atoms with E-state index in [0.29, 0.717) is 5.56 Å². The van der Waals surface area contributed by atoms with E-state index in [1.165, 1.54) is 18.2 Å². The van der Waals surface area contributed by atoms with Crippen molar-refractivity contribution in [3.05, 3.63) is 34.6 Å². The van der Waals surface area contributed by atoms with Crippen molar-refractivity contribution in [3.63, 3.8) is 0 Å². The highest BCUT2D eigenvalue weighted by Crippen LogP contribution is 2.23. The van der Waals surface area contributed by atoms with Crippen molar-refractivity contribution < 1.29 is 17.6 Å². The Hall–Kier alpha value is -1.34. The Balaban J connectivity index is 1.95. The van der Waals surface area contributed by atoms with Gasteiger partial charge in [-0.05, 0) is 31.5 Å². The van der Waals surface area contributed by atoms with Gasteiger partial charge in [0.1, 0.15) is 5.82 Å². The van der Waals surface area contributed by atoms with Crippen LogP contribution in [0.3, 0.4) is 0 Å². The average Bonchev–Trinajstić information content (AvgIpc) is 2.28. The quantitative estimate of drug-likeness (QED) is 0.888. The summed E-state index contributed by atoms with van der Waals surface area (Å²) in [6.07, 6.45) is 0. The second-order valence-corrected chi connectivity index (χ2v) is 8.06.